The minimum atomic E-state index is -3.02. The maximum Gasteiger partial charge on any atom is 0.255 e. The Balaban J connectivity index is 1.98. The van der Waals surface area contributed by atoms with Gasteiger partial charge < -0.3 is 41.5 Å². The number of halogens is 1. The Morgan fingerprint density at radius 2 is 1.75 bits per heavy atom. The second-order valence-electron chi connectivity index (χ2n) is 10.9. The fraction of sp³-hybridized carbons (Fsp3) is 0.462. The van der Waals surface area contributed by atoms with Gasteiger partial charge in [0.15, 0.2) is 17.1 Å². The first-order valence-corrected chi connectivity index (χ1v) is 12.7. The molecule has 0 aliphatic heterocycles. The molecular formula is C26H31ClN4O9. The summed E-state index contributed by atoms with van der Waals surface area (Å²) in [7, 11) is 6.15. The van der Waals surface area contributed by atoms with Gasteiger partial charge in [0.05, 0.1) is 35.2 Å². The maximum absolute atomic E-state index is 14.0. The molecule has 0 heterocycles. The van der Waals surface area contributed by atoms with Crippen LogP contribution in [0.5, 0.6) is 5.75 Å². The Hall–Kier alpha value is -3.49. The van der Waals surface area contributed by atoms with Crippen LogP contribution in [0.25, 0.3) is 5.76 Å². The summed E-state index contributed by atoms with van der Waals surface area (Å²) in [4.78, 5) is 54.6. The molecule has 1 aromatic rings. The largest absolute Gasteiger partial charge is 0.508 e. The van der Waals surface area contributed by atoms with E-state index in [9.17, 15) is 44.7 Å². The van der Waals surface area contributed by atoms with Crippen LogP contribution in [0.3, 0.4) is 0 Å². The van der Waals surface area contributed by atoms with Gasteiger partial charge in [-0.1, -0.05) is 18.5 Å². The summed E-state index contributed by atoms with van der Waals surface area (Å²) in [6.07, 6.45) is -1.73. The van der Waals surface area contributed by atoms with Crippen molar-refractivity contribution in [1.29, 1.82) is 0 Å². The van der Waals surface area contributed by atoms with E-state index in [-0.39, 0.29) is 28.4 Å². The maximum atomic E-state index is 14.0. The number of phenolic OH excluding ortho intramolecular Hbond substituents is 1. The number of ketones is 2. The van der Waals surface area contributed by atoms with Gasteiger partial charge in [-0.15, -0.1) is 0 Å². The van der Waals surface area contributed by atoms with Crippen LogP contribution >= 0.6 is 11.6 Å². The summed E-state index contributed by atoms with van der Waals surface area (Å²) in [5.74, 6) is -10.8. The van der Waals surface area contributed by atoms with E-state index < -0.39 is 87.3 Å². The first-order chi connectivity index (χ1) is 18.5. The number of carbonyl (C=O) groups is 4. The number of nitrogens with two attached hydrogens (primary N) is 1. The van der Waals surface area contributed by atoms with Crippen molar-refractivity contribution >= 4 is 46.4 Å². The lowest BCUT2D eigenvalue weighted by Gasteiger charge is -2.53. The number of primary amides is 1. The molecule has 6 atom stereocenters. The second-order valence-corrected chi connectivity index (χ2v) is 11.3. The molecule has 13 nitrogen and oxygen atoms in total. The number of likely N-dealkylation sites (N-methyl/N-ethyl adjacent to an activating group) is 2. The smallest absolute Gasteiger partial charge is 0.255 e. The molecule has 0 saturated heterocycles. The van der Waals surface area contributed by atoms with E-state index in [1.807, 2.05) is 0 Å². The molecule has 3 aliphatic carbocycles. The number of nitrogens with one attached hydrogen (secondary N) is 1. The molecule has 1 saturated carbocycles. The van der Waals surface area contributed by atoms with Gasteiger partial charge in [0.25, 0.3) is 5.91 Å². The summed E-state index contributed by atoms with van der Waals surface area (Å²) in [6.45, 7) is 1.52. The Kier molecular flexibility index (Phi) is 7.27. The molecule has 14 heteroatoms. The Morgan fingerprint density at radius 3 is 2.27 bits per heavy atom. The van der Waals surface area contributed by atoms with Crippen molar-refractivity contribution in [3.05, 3.63) is 39.1 Å². The lowest BCUT2D eigenvalue weighted by atomic mass is 9.54. The molecule has 216 valence electrons. The van der Waals surface area contributed by atoms with E-state index in [4.69, 9.17) is 17.3 Å². The zero-order chi connectivity index (χ0) is 30.2. The molecule has 2 amide bonds. The predicted molar refractivity (Wildman–Crippen MR) is 143 cm³/mol. The van der Waals surface area contributed by atoms with E-state index in [0.29, 0.717) is 0 Å². The van der Waals surface area contributed by atoms with Gasteiger partial charge >= 0.3 is 0 Å². The number of carbonyl (C=O) groups excluding carboxylic acids is 4. The molecular weight excluding hydrogens is 548 g/mol. The Morgan fingerprint density at radius 1 is 1.15 bits per heavy atom. The normalized spacial score (nSPS) is 29.9. The van der Waals surface area contributed by atoms with Crippen molar-refractivity contribution < 1.29 is 44.7 Å². The van der Waals surface area contributed by atoms with Crippen molar-refractivity contribution in [2.75, 3.05) is 40.1 Å². The van der Waals surface area contributed by atoms with Crippen LogP contribution < -0.4 is 11.1 Å². The van der Waals surface area contributed by atoms with Crippen LogP contribution in [0.4, 0.5) is 5.69 Å². The number of aromatic hydroxyl groups is 1. The van der Waals surface area contributed by atoms with E-state index >= 15 is 0 Å². The van der Waals surface area contributed by atoms with E-state index in [1.165, 1.54) is 25.1 Å². The molecule has 0 aromatic heterocycles. The quantitative estimate of drug-likeness (QED) is 0.177. The van der Waals surface area contributed by atoms with Crippen LogP contribution in [0.15, 0.2) is 23.0 Å². The predicted octanol–water partition coefficient (Wildman–Crippen LogP) is -0.351. The average molecular weight is 579 g/mol. The van der Waals surface area contributed by atoms with Crippen LogP contribution in [0, 0.1) is 11.8 Å². The van der Waals surface area contributed by atoms with Gasteiger partial charge in [-0.3, -0.25) is 24.1 Å². The summed E-state index contributed by atoms with van der Waals surface area (Å²) < 4.78 is 0. The number of rotatable bonds is 5. The number of aliphatic hydroxyl groups is 4. The highest BCUT2D eigenvalue weighted by Gasteiger charge is 2.68. The highest BCUT2D eigenvalue weighted by atomic mass is 35.5. The van der Waals surface area contributed by atoms with Crippen LogP contribution in [-0.4, -0.2) is 111 Å². The van der Waals surface area contributed by atoms with E-state index in [1.54, 1.807) is 25.9 Å². The Labute approximate surface area is 234 Å². The molecule has 2 unspecified atom stereocenters. The van der Waals surface area contributed by atoms with Gasteiger partial charge in [-0.2, -0.15) is 0 Å². The van der Waals surface area contributed by atoms with Crippen LogP contribution in [-0.2, 0) is 19.2 Å². The second kappa shape index (κ2) is 9.85. The lowest BCUT2D eigenvalue weighted by molar-refractivity contribution is -0.169. The number of anilines is 1. The first-order valence-electron chi connectivity index (χ1n) is 12.3. The highest BCUT2D eigenvalue weighted by molar-refractivity contribution is 6.34. The van der Waals surface area contributed by atoms with Crippen molar-refractivity contribution in [2.45, 2.75) is 30.6 Å². The first kappa shape index (κ1) is 29.5. The van der Waals surface area contributed by atoms with Gasteiger partial charge in [-0.05, 0) is 45.7 Å². The van der Waals surface area contributed by atoms with E-state index in [0.717, 1.165) is 0 Å². The average Bonchev–Trinajstić information content (AvgIpc) is 2.83. The molecule has 0 spiro atoms. The van der Waals surface area contributed by atoms with Gasteiger partial charge in [0.1, 0.15) is 22.8 Å². The van der Waals surface area contributed by atoms with Gasteiger partial charge in [0, 0.05) is 11.5 Å². The number of benzene rings is 1. The number of amides is 2. The number of Topliss-reactive ketones (excluding diaryl/α,β-unsaturated/α-hetero) is 2. The zero-order valence-corrected chi connectivity index (χ0v) is 23.1. The fourth-order valence-corrected chi connectivity index (χ4v) is 6.48. The van der Waals surface area contributed by atoms with E-state index in [2.05, 4.69) is 5.32 Å². The highest BCUT2D eigenvalue weighted by Crippen LogP contribution is 2.57. The topological polar surface area (TPSA) is 214 Å². The number of phenols is 1. The Bertz CT molecular complexity index is 1420. The molecule has 3 aliphatic rings. The van der Waals surface area contributed by atoms with Crippen LogP contribution in [0.1, 0.15) is 24.0 Å². The SMILES string of the molecule is C[C@H]1c2cc(Cl)c(NC(=O)CN(C)C)c(O)c2C(O)=C2C(=O)[C@]3(O)C(O)=C(C(N)=O)C(=O)[C@@H](N(C)C)C3[C@@H](O)C21. The molecule has 40 heavy (non-hydrogen) atoms. The molecule has 0 bridgehead atoms. The minimum Gasteiger partial charge on any atom is -0.508 e. The third-order valence-electron chi connectivity index (χ3n) is 7.93. The third kappa shape index (κ3) is 3.99. The summed E-state index contributed by atoms with van der Waals surface area (Å²) >= 11 is 6.39. The van der Waals surface area contributed by atoms with Crippen LogP contribution in [0.2, 0.25) is 5.02 Å². The number of hydrogen-bond donors (Lipinski definition) is 7. The molecule has 1 fully saturated rings. The monoisotopic (exact) mass is 578 g/mol. The molecule has 8 N–H and O–H groups in total. The molecule has 1 aromatic carbocycles. The summed E-state index contributed by atoms with van der Waals surface area (Å²) in [5, 5.41) is 59.2. The van der Waals surface area contributed by atoms with Crippen molar-refractivity contribution in [3.63, 3.8) is 0 Å². The number of fused-ring (bicyclic) bond motifs is 3. The van der Waals surface area contributed by atoms with Crippen molar-refractivity contribution in [3.8, 4) is 5.75 Å². The number of hydrogen-bond acceptors (Lipinski definition) is 11. The van der Waals surface area contributed by atoms with Gasteiger partial charge in [-0.25, -0.2) is 0 Å². The number of aliphatic hydroxyl groups excluding tert-OH is 3. The summed E-state index contributed by atoms with van der Waals surface area (Å²) in [6, 6.07) is -0.0823. The lowest BCUT2D eigenvalue weighted by Crippen LogP contribution is -2.70. The minimum absolute atomic E-state index is 0.0585. The van der Waals surface area contributed by atoms with Gasteiger partial charge in [0.2, 0.25) is 11.7 Å². The standard InChI is InChI=1S/C26H31ClN4O9/c1-8-9-6-10(27)17(29-11(32)7-30(2)3)21(35)13(9)19(33)14-12(8)20(34)16-18(31(4)5)22(36)15(25(28)39)24(38)26(16,40)23(14)37/h6,8,12,16,18,20,33-35,38,40H,7H2,1-5H3,(H2,28,39)(H,29,32)/t8-,12?,16?,18-,20-,26-/m0/s1. The fourth-order valence-electron chi connectivity index (χ4n) is 6.23. The number of nitrogens with zero attached hydrogens (tertiary/aromatic N) is 2. The summed E-state index contributed by atoms with van der Waals surface area (Å²) in [5.41, 5.74) is 0.455. The molecule has 0 radical (unpaired) electrons. The van der Waals surface area contributed by atoms with Crippen molar-refractivity contribution in [1.82, 2.24) is 9.80 Å². The van der Waals surface area contributed by atoms with Crippen molar-refractivity contribution in [2.24, 2.45) is 17.6 Å². The molecule has 4 rings (SSSR count). The third-order valence-corrected chi connectivity index (χ3v) is 8.23. The zero-order valence-electron chi connectivity index (χ0n) is 22.4.